The van der Waals surface area contributed by atoms with Crippen LogP contribution in [0.25, 0.3) is 0 Å². The number of hydrogen-bond acceptors (Lipinski definition) is 5. The Labute approximate surface area is 197 Å². The first-order chi connectivity index (χ1) is 15.8. The van der Waals surface area contributed by atoms with E-state index in [1.807, 2.05) is 61.5 Å². The molecule has 33 heavy (non-hydrogen) atoms. The molecule has 0 heterocycles. The van der Waals surface area contributed by atoms with E-state index in [0.717, 1.165) is 16.9 Å². The van der Waals surface area contributed by atoms with Gasteiger partial charge < -0.3 is 10.6 Å². The molecular formula is C24H25N3O4S2. The molecule has 0 fully saturated rings. The van der Waals surface area contributed by atoms with Crippen LogP contribution >= 0.6 is 11.8 Å². The number of hydrogen-bond donors (Lipinski definition) is 3. The van der Waals surface area contributed by atoms with Crippen molar-refractivity contribution in [3.8, 4) is 0 Å². The van der Waals surface area contributed by atoms with Crippen LogP contribution in [-0.4, -0.2) is 20.2 Å². The lowest BCUT2D eigenvalue weighted by molar-refractivity contribution is -0.116. The van der Waals surface area contributed by atoms with Gasteiger partial charge in [0.05, 0.1) is 4.90 Å². The number of carbonyl (C=O) groups is 2. The lowest BCUT2D eigenvalue weighted by Gasteiger charge is -2.18. The molecule has 0 saturated heterocycles. The summed E-state index contributed by atoms with van der Waals surface area (Å²) in [5.74, 6) is -0.324. The van der Waals surface area contributed by atoms with E-state index in [2.05, 4.69) is 10.6 Å². The van der Waals surface area contributed by atoms with Crippen molar-refractivity contribution in [1.29, 1.82) is 0 Å². The van der Waals surface area contributed by atoms with E-state index < -0.39 is 15.3 Å². The number of primary sulfonamides is 1. The van der Waals surface area contributed by atoms with Crippen LogP contribution in [0.5, 0.6) is 0 Å². The van der Waals surface area contributed by atoms with Crippen LogP contribution < -0.4 is 15.8 Å². The summed E-state index contributed by atoms with van der Waals surface area (Å²) < 4.78 is 22.9. The quantitative estimate of drug-likeness (QED) is 0.386. The van der Waals surface area contributed by atoms with Gasteiger partial charge in [-0.1, -0.05) is 43.3 Å². The smallest absolute Gasteiger partial charge is 0.242 e. The maximum atomic E-state index is 13.2. The third-order valence-electron chi connectivity index (χ3n) is 4.64. The minimum absolute atomic E-state index is 0.0311. The Bertz CT molecular complexity index is 1210. The largest absolute Gasteiger partial charge is 0.326 e. The molecule has 0 spiro atoms. The van der Waals surface area contributed by atoms with Gasteiger partial charge in [-0.2, -0.15) is 0 Å². The Morgan fingerprint density at radius 3 is 2.24 bits per heavy atom. The molecule has 7 nitrogen and oxygen atoms in total. The molecule has 1 atom stereocenters. The van der Waals surface area contributed by atoms with E-state index in [0.29, 0.717) is 17.8 Å². The third-order valence-corrected chi connectivity index (χ3v) is 6.82. The van der Waals surface area contributed by atoms with Gasteiger partial charge in [0.15, 0.2) is 0 Å². The molecule has 0 aliphatic rings. The van der Waals surface area contributed by atoms with Gasteiger partial charge >= 0.3 is 0 Å². The van der Waals surface area contributed by atoms with Gasteiger partial charge in [-0.25, -0.2) is 13.6 Å². The highest BCUT2D eigenvalue weighted by Crippen LogP contribution is 2.37. The minimum Gasteiger partial charge on any atom is -0.326 e. The maximum Gasteiger partial charge on any atom is 0.242 e. The van der Waals surface area contributed by atoms with Crippen molar-refractivity contribution in [1.82, 2.24) is 0 Å². The van der Waals surface area contributed by atoms with Crippen LogP contribution in [0, 0.1) is 0 Å². The van der Waals surface area contributed by atoms with E-state index in [-0.39, 0.29) is 16.7 Å². The van der Waals surface area contributed by atoms with Crippen LogP contribution in [0.4, 0.5) is 11.4 Å². The molecule has 0 aliphatic carbocycles. The molecule has 1 unspecified atom stereocenters. The molecule has 3 rings (SSSR count). The molecule has 9 heteroatoms. The topological polar surface area (TPSA) is 118 Å². The SMILES string of the molecule is CCCC(=O)Nc1cccc(SC(C(=O)Nc2ccc(S(N)(=O)=O)cc2)c2ccccc2)c1. The highest BCUT2D eigenvalue weighted by atomic mass is 32.2. The van der Waals surface area contributed by atoms with E-state index >= 15 is 0 Å². The monoisotopic (exact) mass is 483 g/mol. The Morgan fingerprint density at radius 2 is 1.61 bits per heavy atom. The summed E-state index contributed by atoms with van der Waals surface area (Å²) in [7, 11) is -3.81. The second-order valence-corrected chi connectivity index (χ2v) is 10.0. The van der Waals surface area contributed by atoms with Gasteiger partial charge in [-0.15, -0.1) is 11.8 Å². The standard InChI is InChI=1S/C24H25N3O4S2/c1-2-7-22(28)26-19-10-6-11-20(16-19)32-23(17-8-4-3-5-9-17)24(29)27-18-12-14-21(15-13-18)33(25,30)31/h3-6,8-16,23H,2,7H2,1H3,(H,26,28)(H,27,29)(H2,25,30,31). The molecule has 0 bridgehead atoms. The number of carbonyl (C=O) groups excluding carboxylic acids is 2. The van der Waals surface area contributed by atoms with Gasteiger partial charge in [0.1, 0.15) is 5.25 Å². The lowest BCUT2D eigenvalue weighted by atomic mass is 10.1. The summed E-state index contributed by atoms with van der Waals surface area (Å²) >= 11 is 1.35. The van der Waals surface area contributed by atoms with Crippen LogP contribution in [0.1, 0.15) is 30.6 Å². The van der Waals surface area contributed by atoms with Crippen molar-refractivity contribution < 1.29 is 18.0 Å². The van der Waals surface area contributed by atoms with Crippen molar-refractivity contribution in [3.63, 3.8) is 0 Å². The van der Waals surface area contributed by atoms with E-state index in [1.54, 1.807) is 0 Å². The predicted octanol–water partition coefficient (Wildman–Crippen LogP) is 4.54. The average Bonchev–Trinajstić information content (AvgIpc) is 2.78. The maximum absolute atomic E-state index is 13.2. The molecule has 0 saturated carbocycles. The molecule has 0 aromatic heterocycles. The molecule has 3 aromatic carbocycles. The van der Waals surface area contributed by atoms with Crippen molar-refractivity contribution in [2.24, 2.45) is 5.14 Å². The Balaban J connectivity index is 1.81. The fourth-order valence-electron chi connectivity index (χ4n) is 3.07. The summed E-state index contributed by atoms with van der Waals surface area (Å²) in [6, 6.07) is 22.4. The lowest BCUT2D eigenvalue weighted by Crippen LogP contribution is -2.19. The van der Waals surface area contributed by atoms with Crippen molar-refractivity contribution in [3.05, 3.63) is 84.4 Å². The molecular weight excluding hydrogens is 458 g/mol. The molecule has 4 N–H and O–H groups in total. The zero-order valence-electron chi connectivity index (χ0n) is 18.0. The summed E-state index contributed by atoms with van der Waals surface area (Å²) in [6.45, 7) is 1.94. The van der Waals surface area contributed by atoms with Crippen molar-refractivity contribution >= 4 is 45.0 Å². The number of benzene rings is 3. The normalized spacial score (nSPS) is 12.1. The van der Waals surface area contributed by atoms with Gasteiger partial charge in [0.25, 0.3) is 0 Å². The van der Waals surface area contributed by atoms with Gasteiger partial charge in [-0.05, 0) is 54.4 Å². The first-order valence-electron chi connectivity index (χ1n) is 10.3. The van der Waals surface area contributed by atoms with Crippen LogP contribution in [0.3, 0.4) is 0 Å². The number of sulfonamides is 1. The van der Waals surface area contributed by atoms with Crippen LogP contribution in [-0.2, 0) is 19.6 Å². The number of nitrogens with two attached hydrogens (primary N) is 1. The average molecular weight is 484 g/mol. The molecule has 3 aromatic rings. The summed E-state index contributed by atoms with van der Waals surface area (Å²) in [6.07, 6.45) is 1.20. The highest BCUT2D eigenvalue weighted by molar-refractivity contribution is 8.00. The number of anilines is 2. The number of rotatable bonds is 9. The first kappa shape index (κ1) is 24.5. The van der Waals surface area contributed by atoms with Crippen molar-refractivity contribution in [2.45, 2.75) is 34.8 Å². The third kappa shape index (κ3) is 7.18. The van der Waals surface area contributed by atoms with E-state index in [1.165, 1.54) is 36.0 Å². The zero-order chi connectivity index (χ0) is 23.8. The molecule has 0 radical (unpaired) electrons. The molecule has 172 valence electrons. The minimum atomic E-state index is -3.81. The Hall–Kier alpha value is -3.14. The van der Waals surface area contributed by atoms with Crippen LogP contribution in [0.15, 0.2) is 88.7 Å². The second kappa shape index (κ2) is 11.1. The van der Waals surface area contributed by atoms with Gasteiger partial charge in [0.2, 0.25) is 21.8 Å². The summed E-state index contributed by atoms with van der Waals surface area (Å²) in [5, 5.41) is 10.3. The molecule has 0 aliphatic heterocycles. The van der Waals surface area contributed by atoms with Gasteiger partial charge in [0, 0.05) is 22.7 Å². The van der Waals surface area contributed by atoms with Crippen molar-refractivity contribution in [2.75, 3.05) is 10.6 Å². The van der Waals surface area contributed by atoms with Gasteiger partial charge in [-0.3, -0.25) is 9.59 Å². The van der Waals surface area contributed by atoms with E-state index in [9.17, 15) is 18.0 Å². The van der Waals surface area contributed by atoms with E-state index in [4.69, 9.17) is 5.14 Å². The Kier molecular flexibility index (Phi) is 8.26. The summed E-state index contributed by atoms with van der Waals surface area (Å²) in [5.41, 5.74) is 1.93. The van der Waals surface area contributed by atoms with Crippen LogP contribution in [0.2, 0.25) is 0 Å². The fourth-order valence-corrected chi connectivity index (χ4v) is 4.67. The Morgan fingerprint density at radius 1 is 0.909 bits per heavy atom. The molecule has 2 amide bonds. The second-order valence-electron chi connectivity index (χ2n) is 7.29. The fraction of sp³-hybridized carbons (Fsp3) is 0.167. The zero-order valence-corrected chi connectivity index (χ0v) is 19.7. The number of thioether (sulfide) groups is 1. The first-order valence-corrected chi connectivity index (χ1v) is 12.7. The highest BCUT2D eigenvalue weighted by Gasteiger charge is 2.22. The number of nitrogens with one attached hydrogen (secondary N) is 2. The summed E-state index contributed by atoms with van der Waals surface area (Å²) in [4.78, 5) is 25.9. The number of amides is 2. The predicted molar refractivity (Wildman–Crippen MR) is 131 cm³/mol.